The van der Waals surface area contributed by atoms with E-state index in [1.807, 2.05) is 24.4 Å². The van der Waals surface area contributed by atoms with Crippen molar-refractivity contribution in [2.24, 2.45) is 10.1 Å². The summed E-state index contributed by atoms with van der Waals surface area (Å²) in [6, 6.07) is 3.98. The molecule has 3 heteroatoms. The van der Waals surface area contributed by atoms with Gasteiger partial charge in [-0.15, -0.1) is 0 Å². The summed E-state index contributed by atoms with van der Waals surface area (Å²) in [6.07, 6.45) is 8.45. The Morgan fingerprint density at radius 1 is 1.29 bits per heavy atom. The Labute approximate surface area is 80.7 Å². The Balaban J connectivity index is 2.45. The van der Waals surface area contributed by atoms with Crippen LogP contribution in [0.3, 0.4) is 0 Å². The molecule has 3 nitrogen and oxygen atoms in total. The molecule has 1 aromatic carbocycles. The molecule has 0 radical (unpaired) electrons. The minimum atomic E-state index is 0.846. The average Bonchev–Trinajstić information content (AvgIpc) is 2.29. The quantitative estimate of drug-likeness (QED) is 0.594. The lowest BCUT2D eigenvalue weighted by molar-refractivity contribution is 0.253. The van der Waals surface area contributed by atoms with E-state index in [1.165, 1.54) is 5.22 Å². The third kappa shape index (κ3) is 0.988. The third-order valence-electron chi connectivity index (χ3n) is 2.34. The molecule has 14 heavy (non-hydrogen) atoms. The van der Waals surface area contributed by atoms with Crippen LogP contribution >= 0.6 is 0 Å². The topological polar surface area (TPSA) is 34.0 Å². The summed E-state index contributed by atoms with van der Waals surface area (Å²) in [6.45, 7) is 0. The first-order chi connectivity index (χ1) is 6.95. The Hall–Kier alpha value is -1.90. The zero-order valence-electron chi connectivity index (χ0n) is 7.47. The second-order valence-corrected chi connectivity index (χ2v) is 3.19. The molecule has 0 saturated carbocycles. The van der Waals surface area contributed by atoms with Crippen molar-refractivity contribution in [3.05, 3.63) is 34.5 Å². The maximum atomic E-state index is 4.87. The van der Waals surface area contributed by atoms with Crippen LogP contribution in [0.25, 0.3) is 12.2 Å². The number of hydrogen-bond donors (Lipinski definition) is 0. The van der Waals surface area contributed by atoms with Gasteiger partial charge < -0.3 is 4.84 Å². The highest BCUT2D eigenvalue weighted by Crippen LogP contribution is 2.15. The van der Waals surface area contributed by atoms with Crippen LogP contribution in [-0.4, -0.2) is 6.21 Å². The molecule has 3 rings (SSSR count). The van der Waals surface area contributed by atoms with Crippen LogP contribution in [0.4, 0.5) is 5.69 Å². The minimum absolute atomic E-state index is 0.846. The van der Waals surface area contributed by atoms with Gasteiger partial charge in [-0.1, -0.05) is 17.3 Å². The summed E-state index contributed by atoms with van der Waals surface area (Å²) in [7, 11) is 0. The lowest BCUT2D eigenvalue weighted by atomic mass is 10.1. The van der Waals surface area contributed by atoms with E-state index < -0.39 is 0 Å². The number of fused-ring (bicyclic) bond motifs is 3. The molecule has 68 valence electrons. The number of benzene rings is 1. The first-order valence-electron chi connectivity index (χ1n) is 4.51. The monoisotopic (exact) mass is 184 g/mol. The summed E-state index contributed by atoms with van der Waals surface area (Å²) < 4.78 is 0. The standard InChI is InChI=1S/C11H8N2O/c1-2-8-3-4-10-9(5-7-14-13-10)11(8)12-6-1/h2-7H,1H2. The molecular formula is C11H8N2O. The highest BCUT2D eigenvalue weighted by Gasteiger charge is 2.07. The molecule has 0 aromatic heterocycles. The number of aliphatic imine (C=N–C) groups is 1. The molecule has 2 heterocycles. The molecule has 0 bridgehead atoms. The summed E-state index contributed by atoms with van der Waals surface area (Å²) in [5.74, 6) is 0. The van der Waals surface area contributed by atoms with E-state index in [1.54, 1.807) is 6.26 Å². The van der Waals surface area contributed by atoms with Crippen molar-refractivity contribution >= 4 is 24.1 Å². The first kappa shape index (κ1) is 7.50. The van der Waals surface area contributed by atoms with Crippen LogP contribution in [0.15, 0.2) is 28.5 Å². The smallest absolute Gasteiger partial charge is 0.122 e. The highest BCUT2D eigenvalue weighted by molar-refractivity contribution is 5.77. The van der Waals surface area contributed by atoms with E-state index in [-0.39, 0.29) is 0 Å². The first-order valence-corrected chi connectivity index (χ1v) is 4.51. The highest BCUT2D eigenvalue weighted by atomic mass is 16.6. The molecule has 0 atom stereocenters. The lowest BCUT2D eigenvalue weighted by Crippen LogP contribution is -2.17. The Bertz CT molecular complexity index is 504. The predicted molar refractivity (Wildman–Crippen MR) is 54.6 cm³/mol. The number of nitrogens with zero attached hydrogens (tertiary/aromatic N) is 2. The van der Waals surface area contributed by atoms with Gasteiger partial charge >= 0.3 is 0 Å². The number of rotatable bonds is 0. The molecule has 2 aliphatic heterocycles. The lowest BCUT2D eigenvalue weighted by Gasteiger charge is -2.07. The van der Waals surface area contributed by atoms with E-state index in [0.29, 0.717) is 0 Å². The molecule has 0 N–H and O–H groups in total. The van der Waals surface area contributed by atoms with Gasteiger partial charge in [-0.05, 0) is 17.4 Å². The predicted octanol–water partition coefficient (Wildman–Crippen LogP) is 1.11. The van der Waals surface area contributed by atoms with Gasteiger partial charge in [-0.2, -0.15) is 0 Å². The van der Waals surface area contributed by atoms with E-state index in [2.05, 4.69) is 16.2 Å². The number of hydrogen-bond acceptors (Lipinski definition) is 3. The molecule has 0 saturated heterocycles. The Morgan fingerprint density at radius 3 is 3.29 bits per heavy atom. The SMILES string of the molecule is C1=Cc2c3c(ccc2=NO1)=CCC=N3. The fraction of sp³-hybridized carbons (Fsp3) is 0.0909. The van der Waals surface area contributed by atoms with Crippen molar-refractivity contribution in [3.8, 4) is 0 Å². The zero-order chi connectivity index (χ0) is 9.38. The second-order valence-electron chi connectivity index (χ2n) is 3.19. The van der Waals surface area contributed by atoms with Gasteiger partial charge in [-0.3, -0.25) is 4.99 Å². The second kappa shape index (κ2) is 2.80. The zero-order valence-corrected chi connectivity index (χ0v) is 7.47. The van der Waals surface area contributed by atoms with E-state index in [9.17, 15) is 0 Å². The maximum absolute atomic E-state index is 4.87. The molecule has 0 aliphatic carbocycles. The summed E-state index contributed by atoms with van der Waals surface area (Å²) in [5, 5.41) is 5.95. The largest absolute Gasteiger partial charge is 0.364 e. The van der Waals surface area contributed by atoms with E-state index >= 15 is 0 Å². The van der Waals surface area contributed by atoms with Crippen LogP contribution in [0.2, 0.25) is 0 Å². The molecule has 2 aliphatic rings. The van der Waals surface area contributed by atoms with Gasteiger partial charge in [0.15, 0.2) is 0 Å². The van der Waals surface area contributed by atoms with Crippen LogP contribution in [0, 0.1) is 0 Å². The van der Waals surface area contributed by atoms with Crippen molar-refractivity contribution < 1.29 is 4.84 Å². The van der Waals surface area contributed by atoms with Gasteiger partial charge in [0.1, 0.15) is 11.6 Å². The molecule has 0 unspecified atom stereocenters. The fourth-order valence-electron chi connectivity index (χ4n) is 1.68. The van der Waals surface area contributed by atoms with Gasteiger partial charge in [-0.25, -0.2) is 0 Å². The van der Waals surface area contributed by atoms with Crippen LogP contribution < -0.4 is 10.6 Å². The molecule has 0 amide bonds. The fourth-order valence-corrected chi connectivity index (χ4v) is 1.68. The van der Waals surface area contributed by atoms with E-state index in [0.717, 1.165) is 23.0 Å². The summed E-state index contributed by atoms with van der Waals surface area (Å²) in [4.78, 5) is 9.25. The summed E-state index contributed by atoms with van der Waals surface area (Å²) >= 11 is 0. The average molecular weight is 184 g/mol. The van der Waals surface area contributed by atoms with Crippen molar-refractivity contribution in [3.63, 3.8) is 0 Å². The molecule has 1 aromatic rings. The maximum Gasteiger partial charge on any atom is 0.122 e. The van der Waals surface area contributed by atoms with Crippen molar-refractivity contribution in [1.29, 1.82) is 0 Å². The van der Waals surface area contributed by atoms with Crippen LogP contribution in [0.5, 0.6) is 0 Å². The Morgan fingerprint density at radius 2 is 2.29 bits per heavy atom. The molecular weight excluding hydrogens is 176 g/mol. The van der Waals surface area contributed by atoms with Gasteiger partial charge in [0.25, 0.3) is 0 Å². The minimum Gasteiger partial charge on any atom is -0.364 e. The van der Waals surface area contributed by atoms with Crippen molar-refractivity contribution in [1.82, 2.24) is 0 Å². The van der Waals surface area contributed by atoms with E-state index in [4.69, 9.17) is 4.84 Å². The van der Waals surface area contributed by atoms with Crippen molar-refractivity contribution in [2.75, 3.05) is 0 Å². The normalized spacial score (nSPS) is 16.0. The van der Waals surface area contributed by atoms with Gasteiger partial charge in [0, 0.05) is 18.2 Å². The van der Waals surface area contributed by atoms with Crippen LogP contribution in [-0.2, 0) is 4.84 Å². The summed E-state index contributed by atoms with van der Waals surface area (Å²) in [5.41, 5.74) is 2.04. The molecule has 0 spiro atoms. The third-order valence-corrected chi connectivity index (χ3v) is 2.34. The Kier molecular flexibility index (Phi) is 1.50. The molecule has 0 fully saturated rings. The van der Waals surface area contributed by atoms with Crippen LogP contribution in [0.1, 0.15) is 12.0 Å². The van der Waals surface area contributed by atoms with Crippen molar-refractivity contribution in [2.45, 2.75) is 6.42 Å². The van der Waals surface area contributed by atoms with Gasteiger partial charge in [0.05, 0.1) is 5.69 Å². The van der Waals surface area contributed by atoms with Gasteiger partial charge in [0.2, 0.25) is 0 Å².